The number of halogens is 2. The van der Waals surface area contributed by atoms with Crippen molar-refractivity contribution >= 4 is 18.3 Å². The summed E-state index contributed by atoms with van der Waals surface area (Å²) in [7, 11) is 0. The quantitative estimate of drug-likeness (QED) is 0.509. The van der Waals surface area contributed by atoms with Gasteiger partial charge in [0, 0.05) is 0 Å². The van der Waals surface area contributed by atoms with Crippen LogP contribution in [0.4, 0.5) is 0 Å². The fourth-order valence-corrected chi connectivity index (χ4v) is 20.0. The van der Waals surface area contributed by atoms with E-state index in [2.05, 4.69) is 82.8 Å². The predicted octanol–water partition coefficient (Wildman–Crippen LogP) is -0.218. The van der Waals surface area contributed by atoms with Gasteiger partial charge in [-0.25, -0.2) is 0 Å². The summed E-state index contributed by atoms with van der Waals surface area (Å²) in [6.45, 7) is 11.7. The molecule has 2 aromatic carbocycles. The van der Waals surface area contributed by atoms with Gasteiger partial charge in [-0.1, -0.05) is 0 Å². The normalized spacial score (nSPS) is 18.1. The molecule has 0 nitrogen and oxygen atoms in total. The maximum atomic E-state index is 2.58. The molecule has 2 aliphatic carbocycles. The minimum atomic E-state index is -1.68. The third kappa shape index (κ3) is 3.76. The number of hydrogen-bond donors (Lipinski definition) is 0. The molecule has 4 rings (SSSR count). The van der Waals surface area contributed by atoms with Crippen molar-refractivity contribution in [2.75, 3.05) is 0 Å². The first-order valence-corrected chi connectivity index (χ1v) is 18.1. The van der Waals surface area contributed by atoms with Crippen molar-refractivity contribution in [3.05, 3.63) is 80.9 Å². The molecule has 0 aromatic heterocycles. The summed E-state index contributed by atoms with van der Waals surface area (Å²) in [6, 6.07) is 9.27. The fourth-order valence-electron chi connectivity index (χ4n) is 4.66. The Morgan fingerprint density at radius 2 is 1.04 bits per heavy atom. The molecule has 0 saturated carbocycles. The first-order valence-electron chi connectivity index (χ1n) is 9.25. The van der Waals surface area contributed by atoms with Crippen molar-refractivity contribution in [1.82, 2.24) is 0 Å². The molecule has 140 valence electrons. The van der Waals surface area contributed by atoms with E-state index >= 15 is 0 Å². The molecule has 2 unspecified atom stereocenters. The standard InChI is InChI=1S/2C11H11.CH4Si.2ClH.Zr/c2*1-8-6-7-9(2)11-5-3-4-10(8)11;1-2;;;/h2*3-7H,1-2H3;2H,1H3;2*1H;/q;;;;;+2/p-2. The van der Waals surface area contributed by atoms with E-state index in [0.717, 1.165) is 7.25 Å². The zero-order valence-corrected chi connectivity index (χ0v) is 21.7. The van der Waals surface area contributed by atoms with Crippen molar-refractivity contribution in [3.8, 4) is 0 Å². The van der Waals surface area contributed by atoms with Gasteiger partial charge in [-0.2, -0.15) is 0 Å². The number of allylic oxidation sites excluding steroid dienone is 2. The number of aryl methyl sites for hydroxylation is 4. The summed E-state index contributed by atoms with van der Waals surface area (Å²) in [5, 5.41) is 0. The van der Waals surface area contributed by atoms with Crippen LogP contribution in [0.25, 0.3) is 12.2 Å². The predicted molar refractivity (Wildman–Crippen MR) is 108 cm³/mol. The number of hydrogen-bond acceptors (Lipinski definition) is 0. The van der Waals surface area contributed by atoms with Crippen LogP contribution >= 0.6 is 0 Å². The van der Waals surface area contributed by atoms with Crippen LogP contribution in [0.5, 0.6) is 0 Å². The number of rotatable bonds is 2. The van der Waals surface area contributed by atoms with Crippen LogP contribution in [-0.2, 0) is 20.4 Å². The Bertz CT molecular complexity index is 897. The van der Waals surface area contributed by atoms with E-state index in [0.29, 0.717) is 6.16 Å². The van der Waals surface area contributed by atoms with E-state index in [1.54, 1.807) is 11.1 Å². The van der Waals surface area contributed by atoms with Crippen molar-refractivity contribution in [2.45, 2.75) is 41.5 Å². The first-order chi connectivity index (χ1) is 12.0. The molecule has 2 aromatic rings. The van der Waals surface area contributed by atoms with Gasteiger partial charge in [0.1, 0.15) is 0 Å². The number of benzene rings is 2. The largest absolute Gasteiger partial charge is 1.00 e. The third-order valence-corrected chi connectivity index (χ3v) is 21.8. The van der Waals surface area contributed by atoms with E-state index in [-0.39, 0.29) is 24.8 Å². The zero-order valence-electron chi connectivity index (χ0n) is 16.6. The topological polar surface area (TPSA) is 0 Å². The van der Waals surface area contributed by atoms with E-state index in [4.69, 9.17) is 0 Å². The molecule has 0 bridgehead atoms. The first kappa shape index (κ1) is 22.9. The molecule has 0 fully saturated rings. The summed E-state index contributed by atoms with van der Waals surface area (Å²) in [5.74, 6) is 0. The second kappa shape index (κ2) is 8.95. The molecular weight excluding hydrogens is 466 g/mol. The van der Waals surface area contributed by atoms with Gasteiger partial charge in [0.25, 0.3) is 0 Å². The van der Waals surface area contributed by atoms with Crippen LogP contribution < -0.4 is 24.8 Å². The average Bonchev–Trinajstić information content (AvgIpc) is 3.22. The molecule has 0 spiro atoms. The molecule has 0 heterocycles. The minimum absolute atomic E-state index is 0. The van der Waals surface area contributed by atoms with Crippen molar-refractivity contribution < 1.29 is 45.2 Å². The Balaban J connectivity index is 0.00000131. The van der Waals surface area contributed by atoms with Gasteiger partial charge < -0.3 is 24.8 Å². The van der Waals surface area contributed by atoms with Gasteiger partial charge in [0.15, 0.2) is 0 Å². The average molecular weight is 493 g/mol. The van der Waals surface area contributed by atoms with Crippen molar-refractivity contribution in [2.24, 2.45) is 0 Å². The Labute approximate surface area is 184 Å². The summed E-state index contributed by atoms with van der Waals surface area (Å²) < 4.78 is 1.52. The van der Waals surface area contributed by atoms with Crippen LogP contribution in [-0.4, -0.2) is 6.16 Å². The van der Waals surface area contributed by atoms with E-state index in [1.165, 1.54) is 33.4 Å². The van der Waals surface area contributed by atoms with Gasteiger partial charge in [-0.05, 0) is 0 Å². The van der Waals surface area contributed by atoms with Crippen LogP contribution in [0.1, 0.15) is 51.8 Å². The van der Waals surface area contributed by atoms with Gasteiger partial charge >= 0.3 is 161 Å². The third-order valence-electron chi connectivity index (χ3n) is 6.03. The van der Waals surface area contributed by atoms with Gasteiger partial charge in [0.05, 0.1) is 0 Å². The molecule has 0 saturated heterocycles. The summed E-state index contributed by atoms with van der Waals surface area (Å²) in [6.07, 6.45) is 10.6. The Morgan fingerprint density at radius 1 is 0.667 bits per heavy atom. The van der Waals surface area contributed by atoms with Crippen LogP contribution in [0, 0.1) is 27.7 Å². The van der Waals surface area contributed by atoms with Crippen molar-refractivity contribution in [3.63, 3.8) is 0 Å². The van der Waals surface area contributed by atoms with Gasteiger partial charge in [0.2, 0.25) is 0 Å². The molecule has 4 heteroatoms. The SMILES string of the molecule is C[SiH]=[Zr+2]([CH]1C=Cc2c(C)ccc(C)c21)[CH]1C=Cc2c(C)ccc(C)c21.[Cl-].[Cl-]. The Kier molecular flexibility index (Phi) is 7.59. The summed E-state index contributed by atoms with van der Waals surface area (Å²) >= 11 is -1.68. The second-order valence-corrected chi connectivity index (χ2v) is 21.8. The fraction of sp³-hybridized carbons (Fsp3) is 0.304. The smallest absolute Gasteiger partial charge is 1.00 e. The van der Waals surface area contributed by atoms with E-state index in [9.17, 15) is 0 Å². The van der Waals surface area contributed by atoms with Crippen LogP contribution in [0.2, 0.25) is 6.55 Å². The molecule has 2 atom stereocenters. The van der Waals surface area contributed by atoms with Crippen LogP contribution in [0.15, 0.2) is 36.4 Å². The van der Waals surface area contributed by atoms with Gasteiger partial charge in [-0.3, -0.25) is 0 Å². The summed E-state index contributed by atoms with van der Waals surface area (Å²) in [4.78, 5) is 0. The zero-order chi connectivity index (χ0) is 17.7. The molecule has 2 aliphatic rings. The monoisotopic (exact) mass is 490 g/mol. The van der Waals surface area contributed by atoms with Crippen molar-refractivity contribution in [1.29, 1.82) is 0 Å². The molecule has 0 N–H and O–H groups in total. The van der Waals surface area contributed by atoms with Gasteiger partial charge in [-0.15, -0.1) is 0 Å². The number of fused-ring (bicyclic) bond motifs is 2. The molecule has 0 aliphatic heterocycles. The minimum Gasteiger partial charge on any atom is -1.00 e. The van der Waals surface area contributed by atoms with E-state index < -0.39 is 20.4 Å². The molecule has 0 amide bonds. The maximum Gasteiger partial charge on any atom is -1.00 e. The molecular formula is C23H26Cl2SiZr. The van der Waals surface area contributed by atoms with E-state index in [1.807, 2.05) is 0 Å². The molecule has 0 radical (unpaired) electrons. The van der Waals surface area contributed by atoms with Crippen LogP contribution in [0.3, 0.4) is 0 Å². The second-order valence-electron chi connectivity index (χ2n) is 7.52. The summed E-state index contributed by atoms with van der Waals surface area (Å²) in [5.41, 5.74) is 12.3. The Hall–Kier alpha value is -0.400. The Morgan fingerprint density at radius 3 is 1.41 bits per heavy atom. The molecule has 27 heavy (non-hydrogen) atoms. The maximum absolute atomic E-state index is 2.58.